The summed E-state index contributed by atoms with van der Waals surface area (Å²) in [5, 5.41) is 0. The van der Waals surface area contributed by atoms with Crippen LogP contribution in [0.1, 0.15) is 63.5 Å². The molecule has 1 fully saturated rings. The van der Waals surface area contributed by atoms with Gasteiger partial charge in [-0.2, -0.15) is 0 Å². The van der Waals surface area contributed by atoms with Crippen molar-refractivity contribution in [3.05, 3.63) is 58.4 Å². The third kappa shape index (κ3) is 3.14. The molecule has 1 aromatic carbocycles. The minimum Gasteiger partial charge on any atom is -0.451 e. The van der Waals surface area contributed by atoms with Gasteiger partial charge < -0.3 is 9.30 Å². The number of benzene rings is 1. The van der Waals surface area contributed by atoms with Crippen molar-refractivity contribution in [1.29, 1.82) is 0 Å². The molecule has 2 aromatic rings. The fraction of sp³-hybridized carbons (Fsp3) is 0.400. The van der Waals surface area contributed by atoms with E-state index in [1.54, 1.807) is 19.1 Å². The van der Waals surface area contributed by atoms with Crippen molar-refractivity contribution in [1.82, 2.24) is 4.57 Å². The summed E-state index contributed by atoms with van der Waals surface area (Å²) in [7, 11) is 0. The molecule has 1 heterocycles. The molecular formula is C20H23NO3. The van der Waals surface area contributed by atoms with Crippen molar-refractivity contribution in [2.24, 2.45) is 0 Å². The molecule has 0 aliphatic heterocycles. The molecule has 0 bridgehead atoms. The van der Waals surface area contributed by atoms with Crippen LogP contribution in [0, 0.1) is 20.8 Å². The summed E-state index contributed by atoms with van der Waals surface area (Å²) >= 11 is 0. The summed E-state index contributed by atoms with van der Waals surface area (Å²) in [6.45, 7) is 7.53. The number of carbonyl (C=O) groups is 2. The third-order valence-corrected chi connectivity index (χ3v) is 4.61. The van der Waals surface area contributed by atoms with Crippen molar-refractivity contribution in [3.8, 4) is 0 Å². The topological polar surface area (TPSA) is 48.3 Å². The van der Waals surface area contributed by atoms with Crippen molar-refractivity contribution in [3.63, 3.8) is 0 Å². The first kappa shape index (κ1) is 16.5. The van der Waals surface area contributed by atoms with E-state index in [1.807, 2.05) is 39.0 Å². The van der Waals surface area contributed by atoms with Crippen molar-refractivity contribution >= 4 is 11.8 Å². The maximum Gasteiger partial charge on any atom is 0.340 e. The molecule has 0 saturated heterocycles. The van der Waals surface area contributed by atoms with Crippen LogP contribution in [-0.2, 0) is 4.74 Å². The Morgan fingerprint density at radius 3 is 2.33 bits per heavy atom. The van der Waals surface area contributed by atoms with Crippen LogP contribution in [0.3, 0.4) is 0 Å². The van der Waals surface area contributed by atoms with Gasteiger partial charge in [-0.05, 0) is 46.6 Å². The van der Waals surface area contributed by atoms with Crippen molar-refractivity contribution < 1.29 is 14.3 Å². The number of aromatic nitrogens is 1. The van der Waals surface area contributed by atoms with E-state index in [4.69, 9.17) is 4.74 Å². The van der Waals surface area contributed by atoms with Gasteiger partial charge in [0.1, 0.15) is 0 Å². The van der Waals surface area contributed by atoms with E-state index < -0.39 is 12.1 Å². The van der Waals surface area contributed by atoms with Gasteiger partial charge in [0.2, 0.25) is 5.78 Å². The van der Waals surface area contributed by atoms with E-state index in [0.717, 1.165) is 29.8 Å². The summed E-state index contributed by atoms with van der Waals surface area (Å²) < 4.78 is 7.63. The molecule has 0 radical (unpaired) electrons. The highest BCUT2D eigenvalue weighted by Crippen LogP contribution is 2.38. The van der Waals surface area contributed by atoms with Gasteiger partial charge in [0.05, 0.1) is 5.56 Å². The number of ketones is 1. The van der Waals surface area contributed by atoms with Crippen LogP contribution in [0.15, 0.2) is 30.3 Å². The summed E-state index contributed by atoms with van der Waals surface area (Å²) in [5.41, 5.74) is 4.20. The average molecular weight is 325 g/mol. The minimum atomic E-state index is -0.802. The van der Waals surface area contributed by atoms with Crippen molar-refractivity contribution in [2.45, 2.75) is 52.7 Å². The summed E-state index contributed by atoms with van der Waals surface area (Å²) in [5.74, 6) is -0.609. The van der Waals surface area contributed by atoms with Crippen LogP contribution in [0.5, 0.6) is 0 Å². The lowest BCUT2D eigenvalue weighted by molar-refractivity contribution is 0.0318. The molecule has 1 saturated carbocycles. The standard InChI is InChI=1S/C20H23NO3/c1-12-5-7-16(8-6-12)19(22)15(4)24-20(23)18-11-13(2)21(14(18)3)17-9-10-17/h5-8,11,15,17H,9-10H2,1-4H3/t15-/m1/s1. The normalized spacial score (nSPS) is 15.2. The molecule has 4 heteroatoms. The SMILES string of the molecule is Cc1ccc(C(=O)[C@@H](C)OC(=O)c2cc(C)n(C3CC3)c2C)cc1. The molecular weight excluding hydrogens is 302 g/mol. The van der Waals surface area contributed by atoms with Gasteiger partial charge in [0.25, 0.3) is 0 Å². The Balaban J connectivity index is 1.73. The van der Waals surface area contributed by atoms with E-state index in [1.165, 1.54) is 0 Å². The number of Topliss-reactive ketones (excluding diaryl/α,β-unsaturated/α-hetero) is 1. The van der Waals surface area contributed by atoms with Gasteiger partial charge in [0.15, 0.2) is 6.10 Å². The van der Waals surface area contributed by atoms with Crippen LogP contribution >= 0.6 is 0 Å². The Kier molecular flexibility index (Phi) is 4.31. The zero-order valence-corrected chi connectivity index (χ0v) is 14.6. The molecule has 0 N–H and O–H groups in total. The lowest BCUT2D eigenvalue weighted by Gasteiger charge is -2.13. The number of aryl methyl sites for hydroxylation is 2. The van der Waals surface area contributed by atoms with E-state index in [2.05, 4.69) is 4.57 Å². The number of carbonyl (C=O) groups excluding carboxylic acids is 2. The predicted molar refractivity (Wildman–Crippen MR) is 92.6 cm³/mol. The zero-order chi connectivity index (χ0) is 17.4. The number of rotatable bonds is 5. The van der Waals surface area contributed by atoms with Crippen LogP contribution in [-0.4, -0.2) is 22.4 Å². The Labute approximate surface area is 142 Å². The summed E-state index contributed by atoms with van der Waals surface area (Å²) in [4.78, 5) is 24.9. The second kappa shape index (κ2) is 6.27. The first-order valence-electron chi connectivity index (χ1n) is 8.38. The highest BCUT2D eigenvalue weighted by molar-refractivity contribution is 6.01. The maximum absolute atomic E-state index is 12.5. The van der Waals surface area contributed by atoms with Crippen LogP contribution in [0.25, 0.3) is 0 Å². The molecule has 0 spiro atoms. The van der Waals surface area contributed by atoms with Crippen LogP contribution in [0.2, 0.25) is 0 Å². The Morgan fingerprint density at radius 1 is 1.12 bits per heavy atom. The molecule has 1 aromatic heterocycles. The quantitative estimate of drug-likeness (QED) is 0.612. The number of esters is 1. The molecule has 1 aliphatic carbocycles. The second-order valence-corrected chi connectivity index (χ2v) is 6.66. The molecule has 3 rings (SSSR count). The monoisotopic (exact) mass is 325 g/mol. The number of ether oxygens (including phenoxy) is 1. The minimum absolute atomic E-state index is 0.181. The number of hydrogen-bond acceptors (Lipinski definition) is 3. The highest BCUT2D eigenvalue weighted by Gasteiger charge is 2.29. The van der Waals surface area contributed by atoms with Crippen LogP contribution in [0.4, 0.5) is 0 Å². The molecule has 0 amide bonds. The van der Waals surface area contributed by atoms with Gasteiger partial charge in [-0.1, -0.05) is 29.8 Å². The molecule has 0 unspecified atom stereocenters. The van der Waals surface area contributed by atoms with Gasteiger partial charge >= 0.3 is 5.97 Å². The van der Waals surface area contributed by atoms with Crippen LogP contribution < -0.4 is 0 Å². The summed E-state index contributed by atoms with van der Waals surface area (Å²) in [6, 6.07) is 9.66. The van der Waals surface area contributed by atoms with E-state index in [-0.39, 0.29) is 5.78 Å². The molecule has 24 heavy (non-hydrogen) atoms. The molecule has 4 nitrogen and oxygen atoms in total. The smallest absolute Gasteiger partial charge is 0.340 e. The molecule has 126 valence electrons. The Morgan fingerprint density at radius 2 is 1.75 bits per heavy atom. The Bertz CT molecular complexity index is 782. The van der Waals surface area contributed by atoms with E-state index in [9.17, 15) is 9.59 Å². The van der Waals surface area contributed by atoms with Gasteiger partial charge in [-0.15, -0.1) is 0 Å². The molecule has 1 atom stereocenters. The second-order valence-electron chi connectivity index (χ2n) is 6.66. The van der Waals surface area contributed by atoms with Gasteiger partial charge in [0, 0.05) is 23.0 Å². The third-order valence-electron chi connectivity index (χ3n) is 4.61. The van der Waals surface area contributed by atoms with E-state index in [0.29, 0.717) is 17.2 Å². The average Bonchev–Trinajstić information content (AvgIpc) is 3.32. The lowest BCUT2D eigenvalue weighted by atomic mass is 10.1. The van der Waals surface area contributed by atoms with E-state index >= 15 is 0 Å². The summed E-state index contributed by atoms with van der Waals surface area (Å²) in [6.07, 6.45) is 1.52. The molecule has 1 aliphatic rings. The largest absolute Gasteiger partial charge is 0.451 e. The highest BCUT2D eigenvalue weighted by atomic mass is 16.5. The Hall–Kier alpha value is -2.36. The fourth-order valence-electron chi connectivity index (χ4n) is 3.11. The first-order valence-corrected chi connectivity index (χ1v) is 8.38. The van der Waals surface area contributed by atoms with Gasteiger partial charge in [-0.25, -0.2) is 4.79 Å². The zero-order valence-electron chi connectivity index (χ0n) is 14.6. The predicted octanol–water partition coefficient (Wildman–Crippen LogP) is 4.18. The fourth-order valence-corrected chi connectivity index (χ4v) is 3.11. The maximum atomic E-state index is 12.5. The van der Waals surface area contributed by atoms with Crippen molar-refractivity contribution in [2.75, 3.05) is 0 Å². The first-order chi connectivity index (χ1) is 11.4. The van der Waals surface area contributed by atoms with Gasteiger partial charge in [-0.3, -0.25) is 4.79 Å². The number of hydrogen-bond donors (Lipinski definition) is 0. The number of nitrogens with zero attached hydrogens (tertiary/aromatic N) is 1. The lowest BCUT2D eigenvalue weighted by Crippen LogP contribution is -2.24.